The highest BCUT2D eigenvalue weighted by atomic mass is 32.1. The van der Waals surface area contributed by atoms with Crippen molar-refractivity contribution in [2.45, 2.75) is 26.1 Å². The molecule has 0 aliphatic carbocycles. The molecular weight excluding hydrogens is 370 g/mol. The summed E-state index contributed by atoms with van der Waals surface area (Å²) in [6.45, 7) is 5.30. The maximum absolute atomic E-state index is 10.5. The van der Waals surface area contributed by atoms with Gasteiger partial charge in [-0.25, -0.2) is 0 Å². The van der Waals surface area contributed by atoms with Crippen LogP contribution in [0.15, 0.2) is 59.6 Å². The van der Waals surface area contributed by atoms with Crippen molar-refractivity contribution < 1.29 is 10.2 Å². The summed E-state index contributed by atoms with van der Waals surface area (Å²) in [7, 11) is 0. The molecule has 0 fully saturated rings. The minimum Gasteiger partial charge on any atom is -0.387 e. The number of rotatable bonds is 7. The number of thiophene rings is 1. The Morgan fingerprint density at radius 1 is 1.04 bits per heavy atom. The second-order valence-corrected chi connectivity index (χ2v) is 7.84. The molecule has 0 saturated carbocycles. The van der Waals surface area contributed by atoms with E-state index in [1.54, 1.807) is 11.3 Å². The molecule has 3 aromatic rings. The fourth-order valence-corrected chi connectivity index (χ4v) is 3.92. The maximum Gasteiger partial charge on any atom is 0.191 e. The highest BCUT2D eigenvalue weighted by Gasteiger charge is 2.12. The zero-order chi connectivity index (χ0) is 19.9. The molecule has 2 aromatic carbocycles. The van der Waals surface area contributed by atoms with Crippen molar-refractivity contribution in [2.75, 3.05) is 19.6 Å². The SMILES string of the molecule is CCNC(=NCC(O)c1cc2ccccc2s1)NCC(O)c1ccc(C)cc1. The predicted octanol–water partition coefficient (Wildman–Crippen LogP) is 3.53. The summed E-state index contributed by atoms with van der Waals surface area (Å²) in [4.78, 5) is 5.38. The first kappa shape index (κ1) is 20.3. The maximum atomic E-state index is 10.5. The van der Waals surface area contributed by atoms with Gasteiger partial charge >= 0.3 is 0 Å². The molecule has 28 heavy (non-hydrogen) atoms. The third-order valence-electron chi connectivity index (χ3n) is 4.46. The minimum atomic E-state index is -0.658. The third kappa shape index (κ3) is 5.32. The van der Waals surface area contributed by atoms with Crippen molar-refractivity contribution in [1.82, 2.24) is 10.6 Å². The number of aliphatic imine (C=N–C) groups is 1. The van der Waals surface area contributed by atoms with E-state index in [2.05, 4.69) is 21.7 Å². The van der Waals surface area contributed by atoms with Gasteiger partial charge in [0.15, 0.2) is 5.96 Å². The third-order valence-corrected chi connectivity index (χ3v) is 5.68. The van der Waals surface area contributed by atoms with E-state index in [0.29, 0.717) is 19.0 Å². The molecule has 0 spiro atoms. The summed E-state index contributed by atoms with van der Waals surface area (Å²) in [6.07, 6.45) is -1.29. The average Bonchev–Trinajstić information content (AvgIpc) is 3.14. The van der Waals surface area contributed by atoms with Gasteiger partial charge in [-0.15, -0.1) is 11.3 Å². The lowest BCUT2D eigenvalue weighted by Gasteiger charge is -2.16. The van der Waals surface area contributed by atoms with Gasteiger partial charge in [0.1, 0.15) is 6.10 Å². The molecule has 5 nitrogen and oxygen atoms in total. The summed E-state index contributed by atoms with van der Waals surface area (Å²) in [5.74, 6) is 0.578. The predicted molar refractivity (Wildman–Crippen MR) is 117 cm³/mol. The van der Waals surface area contributed by atoms with Crippen molar-refractivity contribution in [3.8, 4) is 0 Å². The number of nitrogens with zero attached hydrogens (tertiary/aromatic N) is 1. The minimum absolute atomic E-state index is 0.253. The summed E-state index contributed by atoms with van der Waals surface area (Å²) < 4.78 is 1.16. The normalized spacial score (nSPS) is 14.1. The number of guanidine groups is 1. The number of hydrogen-bond acceptors (Lipinski definition) is 4. The largest absolute Gasteiger partial charge is 0.387 e. The average molecular weight is 398 g/mol. The molecule has 0 aliphatic rings. The molecule has 1 aromatic heterocycles. The summed E-state index contributed by atoms with van der Waals surface area (Å²) >= 11 is 1.59. The second kappa shape index (κ2) is 9.68. The van der Waals surface area contributed by atoms with Crippen molar-refractivity contribution >= 4 is 27.4 Å². The molecule has 0 radical (unpaired) electrons. The van der Waals surface area contributed by atoms with Crippen LogP contribution in [-0.4, -0.2) is 35.8 Å². The standard InChI is InChI=1S/C22H27N3O2S/c1-3-23-22(24-13-18(26)16-10-8-15(2)9-11-16)25-14-19(27)21-12-17-6-4-5-7-20(17)28-21/h4-12,18-19,26-27H,3,13-14H2,1-2H3,(H2,23,24,25). The molecule has 0 aliphatic heterocycles. The van der Waals surface area contributed by atoms with Crippen molar-refractivity contribution in [3.05, 3.63) is 70.6 Å². The lowest BCUT2D eigenvalue weighted by atomic mass is 10.1. The van der Waals surface area contributed by atoms with Crippen LogP contribution in [0.4, 0.5) is 0 Å². The van der Waals surface area contributed by atoms with Crippen molar-refractivity contribution in [1.29, 1.82) is 0 Å². The number of aryl methyl sites for hydroxylation is 1. The fourth-order valence-electron chi connectivity index (χ4n) is 2.88. The van der Waals surface area contributed by atoms with Crippen LogP contribution < -0.4 is 10.6 Å². The Bertz CT molecular complexity index is 888. The number of nitrogens with one attached hydrogen (secondary N) is 2. The summed E-state index contributed by atoms with van der Waals surface area (Å²) in [5, 5.41) is 28.3. The number of aliphatic hydroxyl groups is 2. The molecule has 2 atom stereocenters. The molecule has 1 heterocycles. The topological polar surface area (TPSA) is 76.9 Å². The van der Waals surface area contributed by atoms with Gasteiger partial charge in [-0.3, -0.25) is 4.99 Å². The molecule has 0 bridgehead atoms. The van der Waals surface area contributed by atoms with Gasteiger partial charge < -0.3 is 20.8 Å². The first-order valence-electron chi connectivity index (χ1n) is 9.50. The first-order valence-corrected chi connectivity index (χ1v) is 10.3. The van der Waals surface area contributed by atoms with E-state index in [1.807, 2.05) is 62.4 Å². The number of benzene rings is 2. The van der Waals surface area contributed by atoms with Crippen LogP contribution >= 0.6 is 11.3 Å². The molecule has 0 saturated heterocycles. The van der Waals surface area contributed by atoms with E-state index in [9.17, 15) is 10.2 Å². The van der Waals surface area contributed by atoms with Gasteiger partial charge in [0.2, 0.25) is 0 Å². The van der Waals surface area contributed by atoms with Crippen LogP contribution in [0, 0.1) is 6.92 Å². The van der Waals surface area contributed by atoms with E-state index in [-0.39, 0.29) is 6.54 Å². The van der Waals surface area contributed by atoms with Crippen LogP contribution in [0.3, 0.4) is 0 Å². The first-order chi connectivity index (χ1) is 13.6. The van der Waals surface area contributed by atoms with Crippen LogP contribution in [0.25, 0.3) is 10.1 Å². The zero-order valence-corrected chi connectivity index (χ0v) is 17.0. The quantitative estimate of drug-likeness (QED) is 0.363. The van der Waals surface area contributed by atoms with Gasteiger partial charge in [-0.1, -0.05) is 48.0 Å². The van der Waals surface area contributed by atoms with E-state index >= 15 is 0 Å². The van der Waals surface area contributed by atoms with Gasteiger partial charge in [0.05, 0.1) is 12.6 Å². The summed E-state index contributed by atoms with van der Waals surface area (Å²) in [5.41, 5.74) is 2.02. The molecule has 0 amide bonds. The van der Waals surface area contributed by atoms with Gasteiger partial charge in [0, 0.05) is 22.7 Å². The van der Waals surface area contributed by atoms with Crippen LogP contribution in [-0.2, 0) is 0 Å². The Morgan fingerprint density at radius 3 is 2.50 bits per heavy atom. The monoisotopic (exact) mass is 397 g/mol. The van der Waals surface area contributed by atoms with Gasteiger partial charge in [-0.2, -0.15) is 0 Å². The number of hydrogen-bond donors (Lipinski definition) is 4. The Balaban J connectivity index is 1.60. The Morgan fingerprint density at radius 2 is 1.79 bits per heavy atom. The van der Waals surface area contributed by atoms with Crippen LogP contribution in [0.1, 0.15) is 35.1 Å². The molecule has 4 N–H and O–H groups in total. The Kier molecular flexibility index (Phi) is 7.03. The smallest absolute Gasteiger partial charge is 0.191 e. The highest BCUT2D eigenvalue weighted by Crippen LogP contribution is 2.29. The van der Waals surface area contributed by atoms with Crippen LogP contribution in [0.2, 0.25) is 0 Å². The fraction of sp³-hybridized carbons (Fsp3) is 0.318. The lowest BCUT2D eigenvalue weighted by molar-refractivity contribution is 0.180. The Hall–Kier alpha value is -2.41. The highest BCUT2D eigenvalue weighted by molar-refractivity contribution is 7.19. The molecular formula is C22H27N3O2S. The molecule has 2 unspecified atom stereocenters. The Labute approximate surface area is 169 Å². The van der Waals surface area contributed by atoms with Crippen LogP contribution in [0.5, 0.6) is 0 Å². The van der Waals surface area contributed by atoms with Gasteiger partial charge in [0.25, 0.3) is 0 Å². The molecule has 6 heteroatoms. The zero-order valence-electron chi connectivity index (χ0n) is 16.2. The molecule has 3 rings (SSSR count). The molecule has 148 valence electrons. The number of aliphatic hydroxyl groups excluding tert-OH is 2. The van der Waals surface area contributed by atoms with E-state index in [4.69, 9.17) is 0 Å². The van der Waals surface area contributed by atoms with Gasteiger partial charge in [-0.05, 0) is 36.9 Å². The second-order valence-electron chi connectivity index (χ2n) is 6.73. The van der Waals surface area contributed by atoms with E-state index < -0.39 is 12.2 Å². The van der Waals surface area contributed by atoms with Crippen molar-refractivity contribution in [2.24, 2.45) is 4.99 Å². The summed E-state index contributed by atoms with van der Waals surface area (Å²) in [6, 6.07) is 17.9. The van der Waals surface area contributed by atoms with E-state index in [1.165, 1.54) is 0 Å². The van der Waals surface area contributed by atoms with E-state index in [0.717, 1.165) is 26.1 Å². The lowest BCUT2D eigenvalue weighted by Crippen LogP contribution is -2.39. The number of fused-ring (bicyclic) bond motifs is 1. The van der Waals surface area contributed by atoms with Crippen molar-refractivity contribution in [3.63, 3.8) is 0 Å².